The maximum atomic E-state index is 13.3. The van der Waals surface area contributed by atoms with Gasteiger partial charge in [-0.25, -0.2) is 5.01 Å². The first-order valence-corrected chi connectivity index (χ1v) is 15.6. The number of hydrazine groups is 1. The quantitative estimate of drug-likeness (QED) is 0.367. The molecule has 2 N–H and O–H groups in total. The van der Waals surface area contributed by atoms with E-state index in [0.29, 0.717) is 35.0 Å². The highest BCUT2D eigenvalue weighted by Crippen LogP contribution is 2.62. The van der Waals surface area contributed by atoms with Crippen molar-refractivity contribution >= 4 is 23.6 Å². The molecule has 4 unspecified atom stereocenters. The predicted molar refractivity (Wildman–Crippen MR) is 171 cm³/mol. The number of hydrogen-bond donors (Lipinski definition) is 2. The molecule has 4 fully saturated rings. The predicted octanol–water partition coefficient (Wildman–Crippen LogP) is 4.92. The molecule has 3 saturated carbocycles. The number of nitrogens with one attached hydrogen (secondary N) is 2. The van der Waals surface area contributed by atoms with Crippen LogP contribution in [0.15, 0.2) is 47.6 Å². The van der Waals surface area contributed by atoms with Crippen LogP contribution in [0.4, 0.5) is 5.69 Å². The molecule has 0 radical (unpaired) electrons. The Labute approximate surface area is 255 Å². The zero-order valence-electron chi connectivity index (χ0n) is 26.4. The number of carbonyl (C=O) groups is 1. The summed E-state index contributed by atoms with van der Waals surface area (Å²) >= 11 is 0. The molecule has 9 heteroatoms. The summed E-state index contributed by atoms with van der Waals surface area (Å²) in [6, 6.07) is 12.1. The van der Waals surface area contributed by atoms with Crippen LogP contribution in [0.25, 0.3) is 6.08 Å². The van der Waals surface area contributed by atoms with Crippen molar-refractivity contribution in [1.29, 1.82) is 0 Å². The summed E-state index contributed by atoms with van der Waals surface area (Å²) in [5.41, 5.74) is 7.53. The lowest BCUT2D eigenvalue weighted by molar-refractivity contribution is -0.143. The summed E-state index contributed by atoms with van der Waals surface area (Å²) in [7, 11) is 5.02. The molecule has 4 atom stereocenters. The first-order valence-electron chi connectivity index (χ1n) is 15.6. The van der Waals surface area contributed by atoms with Gasteiger partial charge >= 0.3 is 0 Å². The minimum Gasteiger partial charge on any atom is -0.493 e. The van der Waals surface area contributed by atoms with E-state index in [1.165, 1.54) is 12.8 Å². The number of piperazine rings is 1. The third-order valence-corrected chi connectivity index (χ3v) is 10.7. The van der Waals surface area contributed by atoms with Crippen LogP contribution in [0.5, 0.6) is 11.5 Å². The van der Waals surface area contributed by atoms with Gasteiger partial charge in [-0.05, 0) is 89.6 Å². The van der Waals surface area contributed by atoms with Crippen molar-refractivity contribution in [3.8, 4) is 11.5 Å². The number of benzene rings is 2. The van der Waals surface area contributed by atoms with Gasteiger partial charge in [0, 0.05) is 56.7 Å². The van der Waals surface area contributed by atoms with Crippen molar-refractivity contribution in [2.75, 3.05) is 52.8 Å². The highest BCUT2D eigenvalue weighted by atomic mass is 16.5. The molecule has 2 aromatic carbocycles. The Morgan fingerprint density at radius 3 is 2.33 bits per heavy atom. The van der Waals surface area contributed by atoms with E-state index in [9.17, 15) is 4.79 Å². The van der Waals surface area contributed by atoms with Crippen molar-refractivity contribution in [1.82, 2.24) is 20.2 Å². The summed E-state index contributed by atoms with van der Waals surface area (Å²) < 4.78 is 10.9. The van der Waals surface area contributed by atoms with Gasteiger partial charge in [0.25, 0.3) is 5.91 Å². The van der Waals surface area contributed by atoms with Gasteiger partial charge in [-0.2, -0.15) is 0 Å². The number of methoxy groups -OCH3 is 2. The number of guanidine groups is 1. The Kier molecular flexibility index (Phi) is 8.13. The lowest BCUT2D eigenvalue weighted by Gasteiger charge is -2.64. The highest BCUT2D eigenvalue weighted by Gasteiger charge is 2.57. The minimum absolute atomic E-state index is 0.0586. The number of rotatable bonds is 6. The third-order valence-electron chi connectivity index (χ3n) is 10.7. The van der Waals surface area contributed by atoms with E-state index < -0.39 is 0 Å². The van der Waals surface area contributed by atoms with Gasteiger partial charge < -0.3 is 19.7 Å². The minimum atomic E-state index is -0.0586. The monoisotopic (exact) mass is 586 g/mol. The normalized spacial score (nSPS) is 26.7. The van der Waals surface area contributed by atoms with E-state index in [2.05, 4.69) is 46.4 Å². The van der Waals surface area contributed by atoms with Gasteiger partial charge in [0.2, 0.25) is 5.96 Å². The summed E-state index contributed by atoms with van der Waals surface area (Å²) in [6.45, 7) is 12.0. The fraction of sp³-hybridized carbons (Fsp3) is 0.529. The number of carbonyl (C=O) groups excluding carboxylic acids is 1. The van der Waals surface area contributed by atoms with E-state index in [1.54, 1.807) is 26.2 Å². The lowest BCUT2D eigenvalue weighted by Crippen LogP contribution is -2.64. The SMILES string of the molecule is CN=C(Nc1ccc(C(=O)N2C=Cc3cc(OC)c(OC)cc3C2)cc1)NN1CCN(C2CC3CC(C2C)C3(C)C)CC1. The van der Waals surface area contributed by atoms with Crippen LogP contribution in [0.3, 0.4) is 0 Å². The molecular weight excluding hydrogens is 540 g/mol. The van der Waals surface area contributed by atoms with Crippen molar-refractivity contribution < 1.29 is 14.3 Å². The molecule has 230 valence electrons. The van der Waals surface area contributed by atoms with Gasteiger partial charge in [0.1, 0.15) is 0 Å². The molecule has 1 saturated heterocycles. The van der Waals surface area contributed by atoms with Gasteiger partial charge in [0.15, 0.2) is 11.5 Å². The smallest absolute Gasteiger partial charge is 0.258 e. The third kappa shape index (κ3) is 5.60. The largest absolute Gasteiger partial charge is 0.493 e. The van der Waals surface area contributed by atoms with Crippen LogP contribution in [0.1, 0.15) is 55.1 Å². The van der Waals surface area contributed by atoms with E-state index in [4.69, 9.17) is 9.47 Å². The molecule has 2 heterocycles. The van der Waals surface area contributed by atoms with Gasteiger partial charge in [-0.15, -0.1) is 0 Å². The Bertz CT molecular complexity index is 1400. The fourth-order valence-corrected chi connectivity index (χ4v) is 7.83. The van der Waals surface area contributed by atoms with E-state index in [-0.39, 0.29) is 5.91 Å². The van der Waals surface area contributed by atoms with Crippen molar-refractivity contribution in [3.05, 3.63) is 59.3 Å². The average Bonchev–Trinajstić information content (AvgIpc) is 3.03. The molecule has 1 amide bonds. The number of fused-ring (bicyclic) bond motifs is 3. The summed E-state index contributed by atoms with van der Waals surface area (Å²) in [6.07, 6.45) is 6.54. The zero-order chi connectivity index (χ0) is 30.3. The van der Waals surface area contributed by atoms with Crippen LogP contribution in [-0.2, 0) is 6.54 Å². The molecule has 5 aliphatic rings. The van der Waals surface area contributed by atoms with Gasteiger partial charge in [-0.1, -0.05) is 20.8 Å². The second kappa shape index (κ2) is 11.8. The van der Waals surface area contributed by atoms with Crippen molar-refractivity contribution in [2.24, 2.45) is 28.2 Å². The Hall–Kier alpha value is -3.56. The van der Waals surface area contributed by atoms with Crippen LogP contribution in [0.2, 0.25) is 0 Å². The Morgan fingerprint density at radius 2 is 1.70 bits per heavy atom. The van der Waals surface area contributed by atoms with E-state index >= 15 is 0 Å². The molecule has 7 rings (SSSR count). The van der Waals surface area contributed by atoms with Crippen LogP contribution in [0, 0.1) is 23.2 Å². The van der Waals surface area contributed by atoms with Gasteiger partial charge in [-0.3, -0.25) is 20.1 Å². The average molecular weight is 587 g/mol. The van der Waals surface area contributed by atoms with E-state index in [1.807, 2.05) is 48.7 Å². The summed E-state index contributed by atoms with van der Waals surface area (Å²) in [5, 5.41) is 5.64. The Balaban J connectivity index is 1.01. The first-order chi connectivity index (χ1) is 20.7. The summed E-state index contributed by atoms with van der Waals surface area (Å²) in [5.74, 6) is 4.51. The molecule has 0 aromatic heterocycles. The highest BCUT2D eigenvalue weighted by molar-refractivity contribution is 5.97. The van der Waals surface area contributed by atoms with Crippen LogP contribution < -0.4 is 20.2 Å². The number of nitrogens with zero attached hydrogens (tertiary/aromatic N) is 4. The first kappa shape index (κ1) is 29.5. The number of amides is 1. The van der Waals surface area contributed by atoms with E-state index in [0.717, 1.165) is 66.8 Å². The fourth-order valence-electron chi connectivity index (χ4n) is 7.83. The number of anilines is 1. The summed E-state index contributed by atoms with van der Waals surface area (Å²) in [4.78, 5) is 22.2. The molecule has 43 heavy (non-hydrogen) atoms. The van der Waals surface area contributed by atoms with Crippen LogP contribution in [-0.4, -0.2) is 80.2 Å². The lowest BCUT2D eigenvalue weighted by atomic mass is 9.44. The number of aliphatic imine (C=N–C) groups is 1. The number of hydrogen-bond acceptors (Lipinski definition) is 6. The number of ether oxygens (including phenoxy) is 2. The van der Waals surface area contributed by atoms with Crippen molar-refractivity contribution in [2.45, 2.75) is 46.2 Å². The maximum absolute atomic E-state index is 13.3. The zero-order valence-corrected chi connectivity index (χ0v) is 26.4. The molecule has 2 aromatic rings. The molecule has 9 nitrogen and oxygen atoms in total. The van der Waals surface area contributed by atoms with Crippen LogP contribution >= 0.6 is 0 Å². The second-order valence-corrected chi connectivity index (χ2v) is 13.1. The molecule has 3 aliphatic carbocycles. The molecule has 0 spiro atoms. The second-order valence-electron chi connectivity index (χ2n) is 13.1. The van der Waals surface area contributed by atoms with Crippen molar-refractivity contribution in [3.63, 3.8) is 0 Å². The Morgan fingerprint density at radius 1 is 1.00 bits per heavy atom. The molecular formula is C34H46N6O3. The standard InChI is InChI=1S/C34H46N6O3/c1-22-28-19-26(34(28,2)3)20-29(22)38-13-15-40(16-14-38)37-33(35-4)36-27-9-7-23(8-10-27)32(41)39-12-11-24-17-30(42-5)31(43-6)18-25(24)21-39/h7-12,17-18,22,26,28-29H,13-16,19-21H2,1-6H3,(H2,35,36,37). The molecule has 2 bridgehead atoms. The maximum Gasteiger partial charge on any atom is 0.258 e. The topological polar surface area (TPSA) is 81.7 Å². The van der Waals surface area contributed by atoms with Gasteiger partial charge in [0.05, 0.1) is 20.8 Å². The molecule has 2 aliphatic heterocycles.